The first-order chi connectivity index (χ1) is 12.0. The number of hydrogen-bond donors (Lipinski definition) is 1. The van der Waals surface area contributed by atoms with Crippen molar-refractivity contribution in [2.24, 2.45) is 0 Å². The molecule has 6 heteroatoms. The first-order valence-electron chi connectivity index (χ1n) is 8.97. The summed E-state index contributed by atoms with van der Waals surface area (Å²) in [5.41, 5.74) is 0.704. The average Bonchev–Trinajstić information content (AvgIpc) is 2.84. The maximum atomic E-state index is 13.0. The number of carbonyl (C=O) groups is 2. The molecular weight excluding hydrogens is 318 g/mol. The van der Waals surface area contributed by atoms with E-state index in [-0.39, 0.29) is 11.9 Å². The highest BCUT2D eigenvalue weighted by Crippen LogP contribution is 2.31. The van der Waals surface area contributed by atoms with Gasteiger partial charge in [0.25, 0.3) is 5.91 Å². The third kappa shape index (κ3) is 3.35. The molecule has 2 heterocycles. The van der Waals surface area contributed by atoms with Gasteiger partial charge in [0, 0.05) is 13.1 Å². The summed E-state index contributed by atoms with van der Waals surface area (Å²) in [4.78, 5) is 29.1. The fourth-order valence-electron chi connectivity index (χ4n) is 3.71. The van der Waals surface area contributed by atoms with Crippen LogP contribution in [0.2, 0.25) is 0 Å². The Labute approximate surface area is 149 Å². The maximum Gasteiger partial charge on any atom is 0.325 e. The summed E-state index contributed by atoms with van der Waals surface area (Å²) >= 11 is 0. The lowest BCUT2D eigenvalue weighted by Crippen LogP contribution is -2.42. The minimum Gasteiger partial charge on any atom is -0.496 e. The number of urea groups is 1. The van der Waals surface area contributed by atoms with Crippen molar-refractivity contribution in [1.82, 2.24) is 15.1 Å². The molecule has 3 rings (SSSR count). The van der Waals surface area contributed by atoms with E-state index in [1.54, 1.807) is 14.0 Å². The Kier molecular flexibility index (Phi) is 4.99. The number of nitrogens with one attached hydrogen (secondary N) is 1. The Morgan fingerprint density at radius 1 is 1.16 bits per heavy atom. The molecule has 1 aromatic carbocycles. The first-order valence-corrected chi connectivity index (χ1v) is 8.97. The number of nitrogens with zero attached hydrogens (tertiary/aromatic N) is 2. The zero-order chi connectivity index (χ0) is 18.0. The molecule has 1 N–H and O–H groups in total. The van der Waals surface area contributed by atoms with Crippen molar-refractivity contribution >= 4 is 11.9 Å². The molecule has 2 fully saturated rings. The molecule has 0 aromatic heterocycles. The van der Waals surface area contributed by atoms with Gasteiger partial charge in [-0.15, -0.1) is 0 Å². The van der Waals surface area contributed by atoms with Crippen molar-refractivity contribution in [3.63, 3.8) is 0 Å². The summed E-state index contributed by atoms with van der Waals surface area (Å²) in [6.07, 6.45) is 3.67. The molecule has 0 bridgehead atoms. The van der Waals surface area contributed by atoms with Crippen LogP contribution in [0.3, 0.4) is 0 Å². The Morgan fingerprint density at radius 2 is 1.88 bits per heavy atom. The molecule has 0 radical (unpaired) electrons. The van der Waals surface area contributed by atoms with Gasteiger partial charge in [0.2, 0.25) is 0 Å². The van der Waals surface area contributed by atoms with E-state index in [9.17, 15) is 9.59 Å². The topological polar surface area (TPSA) is 61.9 Å². The summed E-state index contributed by atoms with van der Waals surface area (Å²) in [6.45, 7) is 7.00. The highest BCUT2D eigenvalue weighted by molar-refractivity contribution is 6.07. The second-order valence-corrected chi connectivity index (χ2v) is 7.10. The number of methoxy groups -OCH3 is 1. The van der Waals surface area contributed by atoms with E-state index < -0.39 is 5.54 Å². The van der Waals surface area contributed by atoms with Crippen LogP contribution in [0.15, 0.2) is 18.2 Å². The van der Waals surface area contributed by atoms with Crippen molar-refractivity contribution < 1.29 is 14.3 Å². The molecule has 2 saturated heterocycles. The van der Waals surface area contributed by atoms with Gasteiger partial charge in [0.15, 0.2) is 0 Å². The zero-order valence-corrected chi connectivity index (χ0v) is 15.3. The van der Waals surface area contributed by atoms with Crippen molar-refractivity contribution in [3.05, 3.63) is 29.3 Å². The molecule has 1 unspecified atom stereocenters. The Morgan fingerprint density at radius 3 is 2.52 bits per heavy atom. The third-order valence-electron chi connectivity index (χ3n) is 5.34. The van der Waals surface area contributed by atoms with Crippen molar-refractivity contribution in [2.45, 2.75) is 38.6 Å². The lowest BCUT2D eigenvalue weighted by molar-refractivity contribution is -0.131. The van der Waals surface area contributed by atoms with E-state index in [2.05, 4.69) is 10.2 Å². The molecule has 6 nitrogen and oxygen atoms in total. The number of amides is 3. The summed E-state index contributed by atoms with van der Waals surface area (Å²) in [6, 6.07) is 5.28. The second kappa shape index (κ2) is 7.04. The van der Waals surface area contributed by atoms with Gasteiger partial charge in [-0.05, 0) is 63.0 Å². The van der Waals surface area contributed by atoms with E-state index in [4.69, 9.17) is 4.74 Å². The molecule has 3 amide bonds. The van der Waals surface area contributed by atoms with E-state index in [1.165, 1.54) is 24.2 Å². The van der Waals surface area contributed by atoms with E-state index in [0.29, 0.717) is 6.54 Å². The average molecular weight is 345 g/mol. The lowest BCUT2D eigenvalue weighted by Gasteiger charge is -2.28. The van der Waals surface area contributed by atoms with E-state index in [1.807, 2.05) is 25.1 Å². The van der Waals surface area contributed by atoms with Crippen LogP contribution in [0, 0.1) is 6.92 Å². The van der Waals surface area contributed by atoms with Crippen LogP contribution in [-0.2, 0) is 10.3 Å². The molecule has 136 valence electrons. The van der Waals surface area contributed by atoms with Gasteiger partial charge in [0.1, 0.15) is 11.3 Å². The highest BCUT2D eigenvalue weighted by Gasteiger charge is 2.48. The van der Waals surface area contributed by atoms with Crippen LogP contribution in [0.1, 0.15) is 37.3 Å². The standard InChI is InChI=1S/C19H27N3O3/c1-14-13-15(7-8-16(14)25-3)19(2)17(23)22(18(24)20-19)12-11-21-9-5-4-6-10-21/h7-8,13H,4-6,9-12H2,1-3H3,(H,20,24). The number of aryl methyl sites for hydroxylation is 1. The molecule has 0 aliphatic carbocycles. The Hall–Kier alpha value is -2.08. The summed E-state index contributed by atoms with van der Waals surface area (Å²) in [7, 11) is 1.62. The van der Waals surface area contributed by atoms with Gasteiger partial charge < -0.3 is 15.0 Å². The smallest absolute Gasteiger partial charge is 0.325 e. The minimum atomic E-state index is -1.02. The van der Waals surface area contributed by atoms with Crippen molar-refractivity contribution in [3.8, 4) is 5.75 Å². The fourth-order valence-corrected chi connectivity index (χ4v) is 3.71. The number of hydrogen-bond acceptors (Lipinski definition) is 4. The first kappa shape index (κ1) is 17.7. The van der Waals surface area contributed by atoms with Crippen molar-refractivity contribution in [2.75, 3.05) is 33.3 Å². The largest absolute Gasteiger partial charge is 0.496 e. The van der Waals surface area contributed by atoms with Gasteiger partial charge in [-0.2, -0.15) is 0 Å². The van der Waals surface area contributed by atoms with Gasteiger partial charge in [0.05, 0.1) is 7.11 Å². The van der Waals surface area contributed by atoms with Crippen LogP contribution in [-0.4, -0.2) is 55.0 Å². The van der Waals surface area contributed by atoms with Crippen LogP contribution in [0.4, 0.5) is 4.79 Å². The van der Waals surface area contributed by atoms with Gasteiger partial charge in [-0.3, -0.25) is 9.69 Å². The number of piperidine rings is 1. The lowest BCUT2D eigenvalue weighted by atomic mass is 9.90. The number of ether oxygens (including phenoxy) is 1. The van der Waals surface area contributed by atoms with Crippen LogP contribution < -0.4 is 10.1 Å². The fraction of sp³-hybridized carbons (Fsp3) is 0.579. The predicted molar refractivity (Wildman–Crippen MR) is 95.6 cm³/mol. The summed E-state index contributed by atoms with van der Waals surface area (Å²) < 4.78 is 5.28. The second-order valence-electron chi connectivity index (χ2n) is 7.10. The highest BCUT2D eigenvalue weighted by atomic mass is 16.5. The summed E-state index contributed by atoms with van der Waals surface area (Å²) in [5.74, 6) is 0.588. The minimum absolute atomic E-state index is 0.181. The number of rotatable bonds is 5. The van der Waals surface area contributed by atoms with Gasteiger partial charge in [-0.25, -0.2) is 4.79 Å². The number of benzene rings is 1. The number of likely N-dealkylation sites (tertiary alicyclic amines) is 1. The molecule has 1 atom stereocenters. The maximum absolute atomic E-state index is 13.0. The Balaban J connectivity index is 1.73. The number of imide groups is 1. The molecule has 0 saturated carbocycles. The van der Waals surface area contributed by atoms with Crippen LogP contribution in [0.5, 0.6) is 5.75 Å². The van der Waals surface area contributed by atoms with Crippen LogP contribution >= 0.6 is 0 Å². The van der Waals surface area contributed by atoms with Gasteiger partial charge >= 0.3 is 6.03 Å². The van der Waals surface area contributed by atoms with Crippen LogP contribution in [0.25, 0.3) is 0 Å². The zero-order valence-electron chi connectivity index (χ0n) is 15.3. The Bertz CT molecular complexity index is 670. The van der Waals surface area contributed by atoms with Crippen molar-refractivity contribution in [1.29, 1.82) is 0 Å². The molecule has 1 aromatic rings. The normalized spacial score (nSPS) is 24.5. The SMILES string of the molecule is COc1ccc(C2(C)NC(=O)N(CCN3CCCCC3)C2=O)cc1C. The predicted octanol–water partition coefficient (Wildman–Crippen LogP) is 2.26. The third-order valence-corrected chi connectivity index (χ3v) is 5.34. The molecule has 25 heavy (non-hydrogen) atoms. The quantitative estimate of drug-likeness (QED) is 0.832. The molecule has 2 aliphatic heterocycles. The van der Waals surface area contributed by atoms with E-state index >= 15 is 0 Å². The van der Waals surface area contributed by atoms with Gasteiger partial charge in [-0.1, -0.05) is 12.5 Å². The number of carbonyl (C=O) groups excluding carboxylic acids is 2. The summed E-state index contributed by atoms with van der Waals surface area (Å²) in [5, 5.41) is 2.88. The molecule has 0 spiro atoms. The monoisotopic (exact) mass is 345 g/mol. The van der Waals surface area contributed by atoms with E-state index in [0.717, 1.165) is 36.5 Å². The molecular formula is C19H27N3O3. The molecule has 2 aliphatic rings.